The number of likely N-dealkylation sites (N-methyl/N-ethyl adjacent to an activating group) is 1. The molecule has 0 bridgehead atoms. The standard InChI is InChI=1S/C23H26N2O2/c1-4-27-19-14-12-18(13-15-19)23(26)24-16-22(25(2)3)21-11-7-9-17-8-5-6-10-20(17)21/h5-15,22H,4,16H2,1-3H3,(H,24,26)/t22-/m0/s1. The van der Waals surface area contributed by atoms with Gasteiger partial charge in [0.15, 0.2) is 0 Å². The maximum absolute atomic E-state index is 12.6. The van der Waals surface area contributed by atoms with Gasteiger partial charge in [-0.25, -0.2) is 0 Å². The monoisotopic (exact) mass is 362 g/mol. The van der Waals surface area contributed by atoms with Gasteiger partial charge < -0.3 is 15.0 Å². The molecule has 27 heavy (non-hydrogen) atoms. The topological polar surface area (TPSA) is 41.6 Å². The SMILES string of the molecule is CCOc1ccc(C(=O)NC[C@@H](c2cccc3ccccc23)N(C)C)cc1. The molecule has 3 aromatic carbocycles. The summed E-state index contributed by atoms with van der Waals surface area (Å²) in [6.45, 7) is 3.09. The van der Waals surface area contributed by atoms with E-state index in [0.717, 1.165) is 5.75 Å². The Balaban J connectivity index is 1.76. The lowest BCUT2D eigenvalue weighted by atomic mass is 9.98. The van der Waals surface area contributed by atoms with E-state index in [4.69, 9.17) is 4.74 Å². The Morgan fingerprint density at radius 2 is 1.70 bits per heavy atom. The molecule has 1 amide bonds. The quantitative estimate of drug-likeness (QED) is 0.682. The smallest absolute Gasteiger partial charge is 0.251 e. The maximum atomic E-state index is 12.6. The maximum Gasteiger partial charge on any atom is 0.251 e. The van der Waals surface area contributed by atoms with E-state index in [9.17, 15) is 4.79 Å². The van der Waals surface area contributed by atoms with Gasteiger partial charge in [0, 0.05) is 12.1 Å². The molecule has 0 aliphatic heterocycles. The molecule has 0 aliphatic rings. The molecule has 0 heterocycles. The minimum atomic E-state index is -0.0786. The summed E-state index contributed by atoms with van der Waals surface area (Å²) in [6.07, 6.45) is 0. The third kappa shape index (κ3) is 4.47. The molecule has 4 heteroatoms. The highest BCUT2D eigenvalue weighted by Crippen LogP contribution is 2.26. The number of nitrogens with zero attached hydrogens (tertiary/aromatic N) is 1. The minimum absolute atomic E-state index is 0.0786. The van der Waals surface area contributed by atoms with Crippen molar-refractivity contribution in [3.63, 3.8) is 0 Å². The first-order chi connectivity index (χ1) is 13.1. The first kappa shape index (κ1) is 18.9. The third-order valence-corrected chi connectivity index (χ3v) is 4.69. The van der Waals surface area contributed by atoms with Crippen LogP contribution >= 0.6 is 0 Å². The van der Waals surface area contributed by atoms with E-state index in [1.165, 1.54) is 16.3 Å². The number of rotatable bonds is 7. The number of hydrogen-bond acceptors (Lipinski definition) is 3. The van der Waals surface area contributed by atoms with E-state index in [2.05, 4.69) is 46.6 Å². The number of nitrogens with one attached hydrogen (secondary N) is 1. The Hall–Kier alpha value is -2.85. The summed E-state index contributed by atoms with van der Waals surface area (Å²) in [5, 5.41) is 5.50. The second-order valence-corrected chi connectivity index (χ2v) is 6.72. The lowest BCUT2D eigenvalue weighted by Gasteiger charge is -2.26. The second-order valence-electron chi connectivity index (χ2n) is 6.72. The van der Waals surface area contributed by atoms with E-state index in [1.807, 2.05) is 39.2 Å². The molecule has 0 saturated carbocycles. The minimum Gasteiger partial charge on any atom is -0.494 e. The third-order valence-electron chi connectivity index (χ3n) is 4.69. The molecular formula is C23H26N2O2. The summed E-state index contributed by atoms with van der Waals surface area (Å²) in [4.78, 5) is 14.7. The number of benzene rings is 3. The van der Waals surface area contributed by atoms with Crippen LogP contribution in [-0.2, 0) is 0 Å². The van der Waals surface area contributed by atoms with Crippen molar-refractivity contribution in [2.45, 2.75) is 13.0 Å². The average molecular weight is 362 g/mol. The number of fused-ring (bicyclic) bond motifs is 1. The molecule has 1 atom stereocenters. The average Bonchev–Trinajstić information content (AvgIpc) is 2.68. The fraction of sp³-hybridized carbons (Fsp3) is 0.261. The van der Waals surface area contributed by atoms with Gasteiger partial charge in [0.1, 0.15) is 5.75 Å². The van der Waals surface area contributed by atoms with E-state index >= 15 is 0 Å². The van der Waals surface area contributed by atoms with Gasteiger partial charge in [0.05, 0.1) is 12.6 Å². The number of carbonyl (C=O) groups is 1. The van der Waals surface area contributed by atoms with Crippen molar-refractivity contribution in [3.05, 3.63) is 77.9 Å². The molecule has 0 spiro atoms. The lowest BCUT2D eigenvalue weighted by molar-refractivity contribution is 0.0942. The Kier molecular flexibility index (Phi) is 6.09. The van der Waals surface area contributed by atoms with Gasteiger partial charge in [0.25, 0.3) is 5.91 Å². The summed E-state index contributed by atoms with van der Waals surface area (Å²) in [6, 6.07) is 22.0. The molecule has 4 nitrogen and oxygen atoms in total. The first-order valence-electron chi connectivity index (χ1n) is 9.25. The van der Waals surface area contributed by atoms with Gasteiger partial charge in [-0.1, -0.05) is 42.5 Å². The van der Waals surface area contributed by atoms with Crippen molar-refractivity contribution >= 4 is 16.7 Å². The predicted octanol–water partition coefficient (Wildman–Crippen LogP) is 4.27. The van der Waals surface area contributed by atoms with Gasteiger partial charge in [-0.2, -0.15) is 0 Å². The van der Waals surface area contributed by atoms with Crippen LogP contribution in [0.25, 0.3) is 10.8 Å². The Bertz CT molecular complexity index is 898. The van der Waals surface area contributed by atoms with Crippen LogP contribution in [0.5, 0.6) is 5.75 Å². The van der Waals surface area contributed by atoms with Crippen molar-refractivity contribution in [2.75, 3.05) is 27.2 Å². The highest BCUT2D eigenvalue weighted by Gasteiger charge is 2.18. The normalized spacial score (nSPS) is 12.1. The van der Waals surface area contributed by atoms with Gasteiger partial charge >= 0.3 is 0 Å². The van der Waals surface area contributed by atoms with Crippen molar-refractivity contribution in [1.29, 1.82) is 0 Å². The predicted molar refractivity (Wildman–Crippen MR) is 110 cm³/mol. The van der Waals surface area contributed by atoms with E-state index in [-0.39, 0.29) is 11.9 Å². The summed E-state index contributed by atoms with van der Waals surface area (Å²) >= 11 is 0. The number of ether oxygens (including phenoxy) is 1. The number of carbonyl (C=O) groups excluding carboxylic acids is 1. The van der Waals surface area contributed by atoms with Crippen LogP contribution in [0.15, 0.2) is 66.7 Å². The van der Waals surface area contributed by atoms with E-state index in [1.54, 1.807) is 12.1 Å². The second kappa shape index (κ2) is 8.69. The van der Waals surface area contributed by atoms with Crippen molar-refractivity contribution < 1.29 is 9.53 Å². The van der Waals surface area contributed by atoms with E-state index < -0.39 is 0 Å². The highest BCUT2D eigenvalue weighted by molar-refractivity contribution is 5.94. The zero-order valence-corrected chi connectivity index (χ0v) is 16.1. The lowest BCUT2D eigenvalue weighted by Crippen LogP contribution is -2.34. The molecular weight excluding hydrogens is 336 g/mol. The van der Waals surface area contributed by atoms with Crippen LogP contribution in [0.3, 0.4) is 0 Å². The summed E-state index contributed by atoms with van der Waals surface area (Å²) in [5.41, 5.74) is 1.85. The van der Waals surface area contributed by atoms with Gasteiger partial charge in [-0.15, -0.1) is 0 Å². The highest BCUT2D eigenvalue weighted by atomic mass is 16.5. The molecule has 0 saturated heterocycles. The van der Waals surface area contributed by atoms with Crippen molar-refractivity contribution in [1.82, 2.24) is 10.2 Å². The fourth-order valence-electron chi connectivity index (χ4n) is 3.27. The van der Waals surface area contributed by atoms with Crippen LogP contribution in [0, 0.1) is 0 Å². The number of hydrogen-bond donors (Lipinski definition) is 1. The van der Waals surface area contributed by atoms with Gasteiger partial charge in [-0.05, 0) is 61.6 Å². The molecule has 0 fully saturated rings. The first-order valence-corrected chi connectivity index (χ1v) is 9.25. The summed E-state index contributed by atoms with van der Waals surface area (Å²) in [5.74, 6) is 0.695. The van der Waals surface area contributed by atoms with Crippen LogP contribution in [0.4, 0.5) is 0 Å². The Labute approximate surface area is 160 Å². The van der Waals surface area contributed by atoms with Crippen molar-refractivity contribution in [2.24, 2.45) is 0 Å². The van der Waals surface area contributed by atoms with Crippen LogP contribution in [0.2, 0.25) is 0 Å². The van der Waals surface area contributed by atoms with Gasteiger partial charge in [-0.3, -0.25) is 4.79 Å². The Morgan fingerprint density at radius 3 is 2.41 bits per heavy atom. The molecule has 0 aliphatic carbocycles. The molecule has 0 aromatic heterocycles. The zero-order valence-electron chi connectivity index (χ0n) is 16.1. The molecule has 3 aromatic rings. The fourth-order valence-corrected chi connectivity index (χ4v) is 3.27. The van der Waals surface area contributed by atoms with Crippen LogP contribution in [-0.4, -0.2) is 38.1 Å². The van der Waals surface area contributed by atoms with E-state index in [0.29, 0.717) is 18.7 Å². The Morgan fingerprint density at radius 1 is 1.00 bits per heavy atom. The molecule has 3 rings (SSSR count). The van der Waals surface area contributed by atoms with Gasteiger partial charge in [0.2, 0.25) is 0 Å². The molecule has 0 unspecified atom stereocenters. The molecule has 0 radical (unpaired) electrons. The van der Waals surface area contributed by atoms with Crippen LogP contribution in [0.1, 0.15) is 28.9 Å². The summed E-state index contributed by atoms with van der Waals surface area (Å²) < 4.78 is 5.43. The zero-order chi connectivity index (χ0) is 19.2. The largest absolute Gasteiger partial charge is 0.494 e. The molecule has 140 valence electrons. The summed E-state index contributed by atoms with van der Waals surface area (Å²) in [7, 11) is 4.07. The van der Waals surface area contributed by atoms with Crippen LogP contribution < -0.4 is 10.1 Å². The van der Waals surface area contributed by atoms with Crippen molar-refractivity contribution in [3.8, 4) is 5.75 Å². The number of amides is 1. The molecule has 1 N–H and O–H groups in total.